The van der Waals surface area contributed by atoms with Crippen molar-refractivity contribution >= 4 is 17.7 Å². The van der Waals surface area contributed by atoms with E-state index >= 15 is 0 Å². The number of nitrogens with one attached hydrogen (secondary N) is 1. The van der Waals surface area contributed by atoms with Crippen LogP contribution in [-0.4, -0.2) is 34.7 Å². The molecule has 1 spiro atoms. The maximum Gasteiger partial charge on any atom is 0.325 e. The number of carbonyl (C=O) groups is 3. The summed E-state index contributed by atoms with van der Waals surface area (Å²) >= 11 is 0. The number of urea groups is 1. The summed E-state index contributed by atoms with van der Waals surface area (Å²) in [4.78, 5) is 38.9. The predicted octanol–water partition coefficient (Wildman–Crippen LogP) is 3.49. The number of hydrogen-bond donors (Lipinski definition) is 1. The van der Waals surface area contributed by atoms with E-state index in [0.29, 0.717) is 17.9 Å². The van der Waals surface area contributed by atoms with E-state index in [1.54, 1.807) is 12.1 Å². The second kappa shape index (κ2) is 6.62. The van der Waals surface area contributed by atoms with E-state index in [2.05, 4.69) is 19.2 Å². The fourth-order valence-corrected chi connectivity index (χ4v) is 3.93. The van der Waals surface area contributed by atoms with Crippen molar-refractivity contribution in [2.75, 3.05) is 6.54 Å². The molecular formula is C20H26N2O3. The van der Waals surface area contributed by atoms with Crippen LogP contribution in [0.1, 0.15) is 68.3 Å². The van der Waals surface area contributed by atoms with Gasteiger partial charge in [0.1, 0.15) is 5.54 Å². The fraction of sp³-hybridized carbons (Fsp3) is 0.550. The third kappa shape index (κ3) is 3.08. The Balaban J connectivity index is 1.75. The molecule has 3 amide bonds. The highest BCUT2D eigenvalue weighted by Crippen LogP contribution is 2.38. The van der Waals surface area contributed by atoms with E-state index in [4.69, 9.17) is 0 Å². The van der Waals surface area contributed by atoms with E-state index in [-0.39, 0.29) is 24.2 Å². The number of nitrogens with zero attached hydrogens (tertiary/aromatic N) is 1. The zero-order chi connectivity index (χ0) is 18.2. The van der Waals surface area contributed by atoms with Gasteiger partial charge in [0.05, 0.1) is 6.54 Å². The Morgan fingerprint density at radius 2 is 1.92 bits per heavy atom. The monoisotopic (exact) mass is 342 g/mol. The average Bonchev–Trinajstić information content (AvgIpc) is 2.82. The van der Waals surface area contributed by atoms with Crippen molar-refractivity contribution in [2.45, 2.75) is 57.9 Å². The second-order valence-corrected chi connectivity index (χ2v) is 7.64. The molecular weight excluding hydrogens is 316 g/mol. The van der Waals surface area contributed by atoms with Crippen molar-refractivity contribution in [3.05, 3.63) is 35.4 Å². The summed E-state index contributed by atoms with van der Waals surface area (Å²) in [5.41, 5.74) is 0.876. The molecule has 0 aromatic heterocycles. The van der Waals surface area contributed by atoms with Gasteiger partial charge in [0, 0.05) is 5.56 Å². The molecule has 5 nitrogen and oxygen atoms in total. The third-order valence-corrected chi connectivity index (χ3v) is 5.70. The van der Waals surface area contributed by atoms with Gasteiger partial charge in [-0.25, -0.2) is 4.79 Å². The van der Waals surface area contributed by atoms with Crippen LogP contribution in [0.15, 0.2) is 24.3 Å². The first-order valence-electron chi connectivity index (χ1n) is 9.12. The number of rotatable bonds is 4. The Morgan fingerprint density at radius 1 is 1.24 bits per heavy atom. The van der Waals surface area contributed by atoms with Gasteiger partial charge in [0.2, 0.25) is 0 Å². The highest BCUT2D eigenvalue weighted by atomic mass is 16.2. The molecule has 2 fully saturated rings. The Morgan fingerprint density at radius 3 is 2.52 bits per heavy atom. The molecule has 0 radical (unpaired) electrons. The average molecular weight is 342 g/mol. The van der Waals surface area contributed by atoms with Gasteiger partial charge in [0.25, 0.3) is 5.91 Å². The minimum Gasteiger partial charge on any atom is -0.323 e. The van der Waals surface area contributed by atoms with Crippen molar-refractivity contribution in [2.24, 2.45) is 5.92 Å². The zero-order valence-corrected chi connectivity index (χ0v) is 15.2. The molecule has 5 heteroatoms. The van der Waals surface area contributed by atoms with Gasteiger partial charge in [-0.2, -0.15) is 0 Å². The summed E-state index contributed by atoms with van der Waals surface area (Å²) in [5.74, 6) is 0.0435. The van der Waals surface area contributed by atoms with Crippen LogP contribution in [0.2, 0.25) is 0 Å². The van der Waals surface area contributed by atoms with Gasteiger partial charge in [-0.3, -0.25) is 14.5 Å². The van der Waals surface area contributed by atoms with Crippen molar-refractivity contribution in [1.82, 2.24) is 10.2 Å². The summed E-state index contributed by atoms with van der Waals surface area (Å²) in [6.45, 7) is 6.00. The highest BCUT2D eigenvalue weighted by molar-refractivity contribution is 6.11. The van der Waals surface area contributed by atoms with Crippen LogP contribution >= 0.6 is 0 Å². The van der Waals surface area contributed by atoms with Crippen LogP contribution < -0.4 is 5.32 Å². The molecule has 0 bridgehead atoms. The van der Waals surface area contributed by atoms with E-state index in [0.717, 1.165) is 29.7 Å². The first kappa shape index (κ1) is 17.6. The van der Waals surface area contributed by atoms with Gasteiger partial charge in [-0.05, 0) is 30.2 Å². The molecule has 25 heavy (non-hydrogen) atoms. The quantitative estimate of drug-likeness (QED) is 0.673. The Hall–Kier alpha value is -2.17. The number of imide groups is 1. The van der Waals surface area contributed by atoms with Crippen LogP contribution in [0.25, 0.3) is 0 Å². The fourth-order valence-electron chi connectivity index (χ4n) is 3.93. The maximum atomic E-state index is 12.9. The topological polar surface area (TPSA) is 66.5 Å². The number of Topliss-reactive ketones (excluding diaryl/α,β-unsaturated/α-hetero) is 1. The van der Waals surface area contributed by atoms with Crippen LogP contribution in [0.5, 0.6) is 0 Å². The molecule has 1 aromatic carbocycles. The van der Waals surface area contributed by atoms with Crippen molar-refractivity contribution in [3.63, 3.8) is 0 Å². The van der Waals surface area contributed by atoms with Gasteiger partial charge in [-0.1, -0.05) is 57.9 Å². The third-order valence-electron chi connectivity index (χ3n) is 5.70. The van der Waals surface area contributed by atoms with Gasteiger partial charge in [0.15, 0.2) is 5.78 Å². The molecule has 2 atom stereocenters. The number of ketones is 1. The van der Waals surface area contributed by atoms with E-state index in [1.165, 1.54) is 0 Å². The summed E-state index contributed by atoms with van der Waals surface area (Å²) in [6, 6.07) is 6.96. The first-order valence-corrected chi connectivity index (χ1v) is 9.12. The molecule has 1 saturated heterocycles. The smallest absolute Gasteiger partial charge is 0.323 e. The molecule has 134 valence electrons. The van der Waals surface area contributed by atoms with Crippen LogP contribution in [0, 0.1) is 5.92 Å². The second-order valence-electron chi connectivity index (χ2n) is 7.64. The molecule has 1 N–H and O–H groups in total. The lowest BCUT2D eigenvalue weighted by Crippen LogP contribution is -2.54. The maximum absolute atomic E-state index is 12.9. The number of benzene rings is 1. The molecule has 1 aromatic rings. The van der Waals surface area contributed by atoms with Gasteiger partial charge in [-0.15, -0.1) is 0 Å². The lowest BCUT2D eigenvalue weighted by Gasteiger charge is -2.36. The Bertz CT molecular complexity index is 695. The standard InChI is InChI=1S/C20H26N2O3/c1-13(2)15-7-9-16(10-8-15)17(23)12-22-18(24)20(21-19(22)25)11-5-4-6-14(20)3/h7-10,13-14H,4-6,11-12H2,1-3H3,(H,21,25)/t14-,20-/m0/s1. The molecule has 2 aliphatic rings. The molecule has 1 aliphatic heterocycles. The Kier molecular flexibility index (Phi) is 4.67. The minimum atomic E-state index is -0.808. The number of carbonyl (C=O) groups excluding carboxylic acids is 3. The summed E-state index contributed by atoms with van der Waals surface area (Å²) in [7, 11) is 0. The van der Waals surface area contributed by atoms with Gasteiger partial charge < -0.3 is 5.32 Å². The minimum absolute atomic E-state index is 0.100. The number of amides is 3. The van der Waals surface area contributed by atoms with E-state index in [1.807, 2.05) is 19.1 Å². The lowest BCUT2D eigenvalue weighted by molar-refractivity contribution is -0.133. The van der Waals surface area contributed by atoms with Gasteiger partial charge >= 0.3 is 6.03 Å². The van der Waals surface area contributed by atoms with E-state index < -0.39 is 11.6 Å². The summed E-state index contributed by atoms with van der Waals surface area (Å²) < 4.78 is 0. The largest absolute Gasteiger partial charge is 0.325 e. The Labute approximate surface area is 148 Å². The number of hydrogen-bond acceptors (Lipinski definition) is 3. The molecule has 1 aliphatic carbocycles. The summed E-state index contributed by atoms with van der Waals surface area (Å²) in [5, 5.41) is 2.88. The van der Waals surface area contributed by atoms with Crippen LogP contribution in [-0.2, 0) is 4.79 Å². The van der Waals surface area contributed by atoms with Crippen molar-refractivity contribution in [3.8, 4) is 0 Å². The highest BCUT2D eigenvalue weighted by Gasteiger charge is 2.55. The van der Waals surface area contributed by atoms with E-state index in [9.17, 15) is 14.4 Å². The van der Waals surface area contributed by atoms with Crippen molar-refractivity contribution in [1.29, 1.82) is 0 Å². The first-order chi connectivity index (χ1) is 11.8. The summed E-state index contributed by atoms with van der Waals surface area (Å²) in [6.07, 6.45) is 3.58. The molecule has 3 rings (SSSR count). The predicted molar refractivity (Wildman–Crippen MR) is 95.5 cm³/mol. The molecule has 1 saturated carbocycles. The zero-order valence-electron chi connectivity index (χ0n) is 15.2. The normalized spacial score (nSPS) is 26.4. The molecule has 1 heterocycles. The van der Waals surface area contributed by atoms with Crippen LogP contribution in [0.4, 0.5) is 4.79 Å². The van der Waals surface area contributed by atoms with Crippen LogP contribution in [0.3, 0.4) is 0 Å². The lowest BCUT2D eigenvalue weighted by atomic mass is 9.73. The SMILES string of the molecule is CC(C)c1ccc(C(=O)CN2C(=O)N[C@]3(CCCC[C@@H]3C)C2=O)cc1. The van der Waals surface area contributed by atoms with Crippen molar-refractivity contribution < 1.29 is 14.4 Å². The molecule has 0 unspecified atom stereocenters.